The van der Waals surface area contributed by atoms with Gasteiger partial charge in [0.25, 0.3) is 0 Å². The fourth-order valence-electron chi connectivity index (χ4n) is 2.67. The molecule has 1 unspecified atom stereocenters. The third kappa shape index (κ3) is 3.78. The Morgan fingerprint density at radius 2 is 2.00 bits per heavy atom. The molecular weight excluding hydrogens is 310 g/mol. The second-order valence-electron chi connectivity index (χ2n) is 5.57. The number of rotatable bonds is 3. The van der Waals surface area contributed by atoms with Crippen molar-refractivity contribution in [3.05, 3.63) is 52.2 Å². The molecule has 1 aliphatic rings. The van der Waals surface area contributed by atoms with Crippen LogP contribution in [0.25, 0.3) is 0 Å². The number of carbonyl (C=O) groups excluding carboxylic acids is 2. The molecule has 2 heterocycles. The number of imide groups is 1. The molecule has 3 amide bonds. The van der Waals surface area contributed by atoms with E-state index in [-0.39, 0.29) is 11.9 Å². The van der Waals surface area contributed by atoms with E-state index in [9.17, 15) is 9.59 Å². The van der Waals surface area contributed by atoms with Crippen LogP contribution in [-0.2, 0) is 17.8 Å². The summed E-state index contributed by atoms with van der Waals surface area (Å²) in [5, 5.41) is 7.16. The predicted molar refractivity (Wildman–Crippen MR) is 91.5 cm³/mol. The summed E-state index contributed by atoms with van der Waals surface area (Å²) >= 11 is 1.77. The zero-order chi connectivity index (χ0) is 16.2. The molecule has 2 N–H and O–H groups in total. The summed E-state index contributed by atoms with van der Waals surface area (Å²) in [5.41, 5.74) is 1.95. The van der Waals surface area contributed by atoms with Crippen molar-refractivity contribution in [2.24, 2.45) is 0 Å². The van der Waals surface area contributed by atoms with Crippen LogP contribution in [0.3, 0.4) is 0 Å². The van der Waals surface area contributed by atoms with E-state index in [0.29, 0.717) is 5.69 Å². The lowest BCUT2D eigenvalue weighted by Crippen LogP contribution is -2.49. The fourth-order valence-corrected chi connectivity index (χ4v) is 3.56. The number of hydrogen-bond acceptors (Lipinski definition) is 4. The Morgan fingerprint density at radius 1 is 1.22 bits per heavy atom. The van der Waals surface area contributed by atoms with E-state index in [4.69, 9.17) is 0 Å². The SMILES string of the molecule is CC(C(=O)NC(=O)Nc1ccccc1)N1CCc2sccc2C1. The third-order valence-electron chi connectivity index (χ3n) is 4.03. The van der Waals surface area contributed by atoms with Crippen molar-refractivity contribution in [2.75, 3.05) is 11.9 Å². The minimum absolute atomic E-state index is 0.280. The molecule has 6 heteroatoms. The van der Waals surface area contributed by atoms with Crippen molar-refractivity contribution in [3.8, 4) is 0 Å². The van der Waals surface area contributed by atoms with E-state index in [1.54, 1.807) is 23.5 Å². The maximum Gasteiger partial charge on any atom is 0.325 e. The number of urea groups is 1. The molecule has 0 bridgehead atoms. The molecule has 0 aliphatic carbocycles. The minimum atomic E-state index is -0.499. The lowest BCUT2D eigenvalue weighted by Gasteiger charge is -2.31. The van der Waals surface area contributed by atoms with Gasteiger partial charge in [-0.25, -0.2) is 4.79 Å². The number of nitrogens with one attached hydrogen (secondary N) is 2. The van der Waals surface area contributed by atoms with E-state index in [2.05, 4.69) is 27.0 Å². The summed E-state index contributed by atoms with van der Waals surface area (Å²) < 4.78 is 0. The highest BCUT2D eigenvalue weighted by Crippen LogP contribution is 2.25. The minimum Gasteiger partial charge on any atom is -0.308 e. The first-order valence-corrected chi connectivity index (χ1v) is 8.47. The summed E-state index contributed by atoms with van der Waals surface area (Å²) in [7, 11) is 0. The molecule has 0 spiro atoms. The van der Waals surface area contributed by atoms with E-state index < -0.39 is 6.03 Å². The third-order valence-corrected chi connectivity index (χ3v) is 5.06. The summed E-state index contributed by atoms with van der Waals surface area (Å²) in [5.74, 6) is -0.280. The van der Waals surface area contributed by atoms with E-state index in [1.165, 1.54) is 10.4 Å². The Morgan fingerprint density at radius 3 is 2.78 bits per heavy atom. The monoisotopic (exact) mass is 329 g/mol. The molecule has 1 atom stereocenters. The van der Waals surface area contributed by atoms with Crippen LogP contribution < -0.4 is 10.6 Å². The van der Waals surface area contributed by atoms with Gasteiger partial charge in [-0.05, 0) is 42.5 Å². The molecule has 2 aromatic rings. The van der Waals surface area contributed by atoms with Crippen molar-refractivity contribution < 1.29 is 9.59 Å². The van der Waals surface area contributed by atoms with Crippen LogP contribution in [-0.4, -0.2) is 29.4 Å². The van der Waals surface area contributed by atoms with Gasteiger partial charge in [0.05, 0.1) is 6.04 Å². The van der Waals surface area contributed by atoms with E-state index in [0.717, 1.165) is 19.5 Å². The second-order valence-corrected chi connectivity index (χ2v) is 6.58. The highest BCUT2D eigenvalue weighted by atomic mass is 32.1. The number of benzene rings is 1. The molecule has 5 nitrogen and oxygen atoms in total. The Kier molecular flexibility index (Phi) is 4.73. The molecular formula is C17H19N3O2S. The first-order chi connectivity index (χ1) is 11.1. The fraction of sp³-hybridized carbons (Fsp3) is 0.294. The van der Waals surface area contributed by atoms with Gasteiger partial charge in [0.1, 0.15) is 0 Å². The van der Waals surface area contributed by atoms with Crippen molar-refractivity contribution >= 4 is 29.0 Å². The van der Waals surface area contributed by atoms with Crippen LogP contribution in [0.2, 0.25) is 0 Å². The first kappa shape index (κ1) is 15.7. The molecule has 0 radical (unpaired) electrons. The van der Waals surface area contributed by atoms with Crippen LogP contribution in [0.5, 0.6) is 0 Å². The van der Waals surface area contributed by atoms with Crippen molar-refractivity contribution in [3.63, 3.8) is 0 Å². The number of fused-ring (bicyclic) bond motifs is 1. The Hall–Kier alpha value is -2.18. The molecule has 120 valence electrons. The summed E-state index contributed by atoms with van der Waals surface area (Å²) in [4.78, 5) is 27.7. The quantitative estimate of drug-likeness (QED) is 0.910. The number of anilines is 1. The molecule has 0 fully saturated rings. The number of para-hydroxylation sites is 1. The van der Waals surface area contributed by atoms with Gasteiger partial charge >= 0.3 is 6.03 Å². The number of nitrogens with zero attached hydrogens (tertiary/aromatic N) is 1. The number of carbonyl (C=O) groups is 2. The lowest BCUT2D eigenvalue weighted by atomic mass is 10.1. The molecule has 1 aliphatic heterocycles. The topological polar surface area (TPSA) is 61.4 Å². The van der Waals surface area contributed by atoms with E-state index >= 15 is 0 Å². The molecule has 3 rings (SSSR count). The Labute approximate surface area is 139 Å². The zero-order valence-electron chi connectivity index (χ0n) is 12.9. The van der Waals surface area contributed by atoms with Crippen molar-refractivity contribution in [1.29, 1.82) is 0 Å². The smallest absolute Gasteiger partial charge is 0.308 e. The van der Waals surface area contributed by atoms with Gasteiger partial charge in [0, 0.05) is 23.7 Å². The van der Waals surface area contributed by atoms with Crippen LogP contribution in [0.15, 0.2) is 41.8 Å². The van der Waals surface area contributed by atoms with Gasteiger partial charge in [-0.3, -0.25) is 15.0 Å². The summed E-state index contributed by atoms with van der Waals surface area (Å²) in [6.45, 7) is 3.43. The molecule has 1 aromatic heterocycles. The van der Waals surface area contributed by atoms with Crippen molar-refractivity contribution in [1.82, 2.24) is 10.2 Å². The largest absolute Gasteiger partial charge is 0.325 e. The Bertz CT molecular complexity index is 699. The second kappa shape index (κ2) is 6.93. The number of thiophene rings is 1. The maximum atomic E-state index is 12.3. The molecule has 0 saturated carbocycles. The maximum absolute atomic E-state index is 12.3. The highest BCUT2D eigenvalue weighted by molar-refractivity contribution is 7.10. The van der Waals surface area contributed by atoms with Crippen LogP contribution >= 0.6 is 11.3 Å². The summed E-state index contributed by atoms with van der Waals surface area (Å²) in [6.07, 6.45) is 0.959. The average Bonchev–Trinajstić information content (AvgIpc) is 3.02. The molecule has 23 heavy (non-hydrogen) atoms. The summed E-state index contributed by atoms with van der Waals surface area (Å²) in [6, 6.07) is 10.3. The number of hydrogen-bond donors (Lipinski definition) is 2. The predicted octanol–water partition coefficient (Wildman–Crippen LogP) is 2.84. The van der Waals surface area contributed by atoms with Gasteiger partial charge in [0.2, 0.25) is 5.91 Å². The van der Waals surface area contributed by atoms with Gasteiger partial charge in [-0.15, -0.1) is 11.3 Å². The Balaban J connectivity index is 1.55. The van der Waals surface area contributed by atoms with Gasteiger partial charge in [0.15, 0.2) is 0 Å². The van der Waals surface area contributed by atoms with Gasteiger partial charge in [-0.2, -0.15) is 0 Å². The zero-order valence-corrected chi connectivity index (χ0v) is 13.7. The average molecular weight is 329 g/mol. The van der Waals surface area contributed by atoms with Crippen LogP contribution in [0.1, 0.15) is 17.4 Å². The highest BCUT2D eigenvalue weighted by Gasteiger charge is 2.26. The van der Waals surface area contributed by atoms with Gasteiger partial charge < -0.3 is 5.32 Å². The number of amides is 3. The van der Waals surface area contributed by atoms with Crippen molar-refractivity contribution in [2.45, 2.75) is 25.9 Å². The molecule has 1 aromatic carbocycles. The van der Waals surface area contributed by atoms with Crippen LogP contribution in [0, 0.1) is 0 Å². The van der Waals surface area contributed by atoms with Crippen LogP contribution in [0.4, 0.5) is 10.5 Å². The normalized spacial score (nSPS) is 15.5. The standard InChI is InChI=1S/C17H19N3O2S/c1-12(20-9-7-15-13(11-20)8-10-23-15)16(21)19-17(22)18-14-5-3-2-4-6-14/h2-6,8,10,12H,7,9,11H2,1H3,(H2,18,19,21,22). The lowest BCUT2D eigenvalue weighted by molar-refractivity contribution is -0.125. The van der Waals surface area contributed by atoms with Gasteiger partial charge in [-0.1, -0.05) is 18.2 Å². The molecule has 0 saturated heterocycles. The van der Waals surface area contributed by atoms with E-state index in [1.807, 2.05) is 25.1 Å². The first-order valence-electron chi connectivity index (χ1n) is 7.59.